The van der Waals surface area contributed by atoms with Crippen LogP contribution in [0.3, 0.4) is 0 Å². The SMILES string of the molecule is CCNC(=NCC1(c2cccc(F)c2)CC1)N(C)Cc1cccn1C. The molecule has 0 radical (unpaired) electrons. The summed E-state index contributed by atoms with van der Waals surface area (Å²) in [5.74, 6) is 0.729. The molecule has 1 N–H and O–H groups in total. The third-order valence-electron chi connectivity index (χ3n) is 4.97. The number of rotatable bonds is 6. The van der Waals surface area contributed by atoms with E-state index < -0.39 is 0 Å². The molecule has 4 nitrogen and oxygen atoms in total. The highest BCUT2D eigenvalue weighted by molar-refractivity contribution is 5.79. The number of nitrogens with one attached hydrogen (secondary N) is 1. The van der Waals surface area contributed by atoms with Gasteiger partial charge >= 0.3 is 0 Å². The van der Waals surface area contributed by atoms with Crippen LogP contribution in [0.4, 0.5) is 4.39 Å². The van der Waals surface area contributed by atoms with Crippen molar-refractivity contribution >= 4 is 5.96 Å². The molecule has 0 spiro atoms. The van der Waals surface area contributed by atoms with Crippen molar-refractivity contribution in [3.63, 3.8) is 0 Å². The third kappa shape index (κ3) is 4.03. The van der Waals surface area contributed by atoms with E-state index in [1.54, 1.807) is 12.1 Å². The van der Waals surface area contributed by atoms with E-state index in [1.807, 2.05) is 6.07 Å². The van der Waals surface area contributed by atoms with Crippen molar-refractivity contribution in [2.24, 2.45) is 12.0 Å². The molecule has 2 aromatic rings. The van der Waals surface area contributed by atoms with E-state index in [-0.39, 0.29) is 11.2 Å². The molecule has 1 aromatic heterocycles. The molecule has 1 aliphatic rings. The summed E-state index contributed by atoms with van der Waals surface area (Å²) in [5, 5.41) is 3.37. The van der Waals surface area contributed by atoms with Gasteiger partial charge in [0, 0.05) is 37.9 Å². The summed E-state index contributed by atoms with van der Waals surface area (Å²) in [7, 11) is 4.10. The summed E-state index contributed by atoms with van der Waals surface area (Å²) in [6.07, 6.45) is 4.19. The van der Waals surface area contributed by atoms with Crippen LogP contribution >= 0.6 is 0 Å². The average Bonchev–Trinajstić information content (AvgIpc) is 3.29. The summed E-state index contributed by atoms with van der Waals surface area (Å²) in [6, 6.07) is 11.1. The Hall–Kier alpha value is -2.30. The lowest BCUT2D eigenvalue weighted by Gasteiger charge is -2.23. The molecular formula is C20H27FN4. The first-order chi connectivity index (χ1) is 12.0. The molecule has 3 rings (SSSR count). The number of halogens is 1. The van der Waals surface area contributed by atoms with Gasteiger partial charge in [0.05, 0.1) is 13.1 Å². The van der Waals surface area contributed by atoms with Crippen LogP contribution in [-0.2, 0) is 19.0 Å². The van der Waals surface area contributed by atoms with E-state index in [1.165, 1.54) is 11.8 Å². The molecular weight excluding hydrogens is 315 g/mol. The van der Waals surface area contributed by atoms with Crippen molar-refractivity contribution in [3.05, 3.63) is 59.7 Å². The summed E-state index contributed by atoms with van der Waals surface area (Å²) < 4.78 is 15.7. The average molecular weight is 342 g/mol. The number of guanidine groups is 1. The minimum atomic E-state index is -0.166. The first-order valence-electron chi connectivity index (χ1n) is 8.90. The zero-order valence-electron chi connectivity index (χ0n) is 15.3. The zero-order valence-corrected chi connectivity index (χ0v) is 15.3. The number of aliphatic imine (C=N–C) groups is 1. The van der Waals surface area contributed by atoms with Crippen molar-refractivity contribution in [3.8, 4) is 0 Å². The smallest absolute Gasteiger partial charge is 0.194 e. The van der Waals surface area contributed by atoms with Crippen LogP contribution in [0, 0.1) is 5.82 Å². The van der Waals surface area contributed by atoms with Crippen molar-refractivity contribution in [1.82, 2.24) is 14.8 Å². The van der Waals surface area contributed by atoms with Gasteiger partial charge < -0.3 is 14.8 Å². The molecule has 0 unspecified atom stereocenters. The fraction of sp³-hybridized carbons (Fsp3) is 0.450. The predicted molar refractivity (Wildman–Crippen MR) is 100 cm³/mol. The highest BCUT2D eigenvalue weighted by Crippen LogP contribution is 2.48. The lowest BCUT2D eigenvalue weighted by Crippen LogP contribution is -2.39. The molecule has 1 aromatic carbocycles. The summed E-state index contributed by atoms with van der Waals surface area (Å²) >= 11 is 0. The molecule has 25 heavy (non-hydrogen) atoms. The van der Waals surface area contributed by atoms with Gasteiger partial charge in [-0.2, -0.15) is 0 Å². The lowest BCUT2D eigenvalue weighted by atomic mass is 9.96. The fourth-order valence-electron chi connectivity index (χ4n) is 3.18. The molecule has 0 atom stereocenters. The van der Waals surface area contributed by atoms with Gasteiger partial charge in [-0.1, -0.05) is 12.1 Å². The molecule has 0 amide bonds. The fourth-order valence-corrected chi connectivity index (χ4v) is 3.18. The molecule has 5 heteroatoms. The van der Waals surface area contributed by atoms with Crippen LogP contribution in [0.25, 0.3) is 0 Å². The van der Waals surface area contributed by atoms with Crippen LogP contribution in [-0.4, -0.2) is 35.6 Å². The van der Waals surface area contributed by atoms with E-state index in [4.69, 9.17) is 4.99 Å². The lowest BCUT2D eigenvalue weighted by molar-refractivity contribution is 0.460. The standard InChI is InChI=1S/C20H27FN4/c1-4-22-19(25(3)14-18-9-6-12-24(18)2)23-15-20(10-11-20)16-7-5-8-17(21)13-16/h5-9,12-13H,4,10-11,14-15H2,1-3H3,(H,22,23). The summed E-state index contributed by atoms with van der Waals surface area (Å²) in [6.45, 7) is 4.38. The second-order valence-corrected chi connectivity index (χ2v) is 6.93. The number of aromatic nitrogens is 1. The molecule has 1 aliphatic carbocycles. The minimum Gasteiger partial charge on any atom is -0.357 e. The van der Waals surface area contributed by atoms with Crippen molar-refractivity contribution in [1.29, 1.82) is 0 Å². The molecule has 1 saturated carbocycles. The Morgan fingerprint density at radius 3 is 2.72 bits per heavy atom. The Balaban J connectivity index is 1.73. The summed E-state index contributed by atoms with van der Waals surface area (Å²) in [4.78, 5) is 7.00. The van der Waals surface area contributed by atoms with E-state index in [0.29, 0.717) is 6.54 Å². The first-order valence-corrected chi connectivity index (χ1v) is 8.90. The minimum absolute atomic E-state index is 0.00852. The Morgan fingerprint density at radius 1 is 1.32 bits per heavy atom. The van der Waals surface area contributed by atoms with Crippen LogP contribution in [0.1, 0.15) is 31.0 Å². The molecule has 0 aliphatic heterocycles. The molecule has 1 fully saturated rings. The maximum Gasteiger partial charge on any atom is 0.194 e. The van der Waals surface area contributed by atoms with Crippen LogP contribution < -0.4 is 5.32 Å². The van der Waals surface area contributed by atoms with Crippen molar-refractivity contribution in [2.45, 2.75) is 31.7 Å². The van der Waals surface area contributed by atoms with Gasteiger partial charge in [0.2, 0.25) is 0 Å². The number of hydrogen-bond acceptors (Lipinski definition) is 1. The van der Waals surface area contributed by atoms with Gasteiger partial charge in [-0.05, 0) is 49.6 Å². The Bertz CT molecular complexity index is 746. The van der Waals surface area contributed by atoms with Crippen LogP contribution in [0.5, 0.6) is 0 Å². The van der Waals surface area contributed by atoms with Crippen molar-refractivity contribution < 1.29 is 4.39 Å². The van der Waals surface area contributed by atoms with Gasteiger partial charge in [-0.3, -0.25) is 4.99 Å². The zero-order chi connectivity index (χ0) is 17.9. The molecule has 0 saturated heterocycles. The second-order valence-electron chi connectivity index (χ2n) is 6.93. The van der Waals surface area contributed by atoms with Gasteiger partial charge in [-0.15, -0.1) is 0 Å². The maximum absolute atomic E-state index is 13.6. The maximum atomic E-state index is 13.6. The Kier molecular flexibility index (Phi) is 5.11. The topological polar surface area (TPSA) is 32.6 Å². The van der Waals surface area contributed by atoms with Crippen LogP contribution in [0.15, 0.2) is 47.6 Å². The summed E-state index contributed by atoms with van der Waals surface area (Å²) in [5.41, 5.74) is 2.31. The van der Waals surface area contributed by atoms with Crippen LogP contribution in [0.2, 0.25) is 0 Å². The second kappa shape index (κ2) is 7.30. The number of benzene rings is 1. The van der Waals surface area contributed by atoms with Crippen molar-refractivity contribution in [2.75, 3.05) is 20.1 Å². The Labute approximate surface area is 149 Å². The largest absolute Gasteiger partial charge is 0.357 e. The Morgan fingerprint density at radius 2 is 2.12 bits per heavy atom. The monoisotopic (exact) mass is 342 g/mol. The number of aryl methyl sites for hydroxylation is 1. The third-order valence-corrected chi connectivity index (χ3v) is 4.97. The normalized spacial score (nSPS) is 15.9. The quantitative estimate of drug-likeness (QED) is 0.645. The number of hydrogen-bond donors (Lipinski definition) is 1. The predicted octanol–water partition coefficient (Wildman–Crippen LogP) is 3.29. The number of nitrogens with zero attached hydrogens (tertiary/aromatic N) is 3. The van der Waals surface area contributed by atoms with Gasteiger partial charge in [0.15, 0.2) is 5.96 Å². The van der Waals surface area contributed by atoms with Gasteiger partial charge in [0.1, 0.15) is 5.82 Å². The highest BCUT2D eigenvalue weighted by atomic mass is 19.1. The molecule has 134 valence electrons. The molecule has 1 heterocycles. The van der Waals surface area contributed by atoms with E-state index in [2.05, 4.69) is 54.1 Å². The highest BCUT2D eigenvalue weighted by Gasteiger charge is 2.44. The van der Waals surface area contributed by atoms with Gasteiger partial charge in [-0.25, -0.2) is 4.39 Å². The first kappa shape index (κ1) is 17.5. The van der Waals surface area contributed by atoms with E-state index in [9.17, 15) is 4.39 Å². The van der Waals surface area contributed by atoms with E-state index in [0.717, 1.165) is 37.5 Å². The van der Waals surface area contributed by atoms with Gasteiger partial charge in [0.25, 0.3) is 0 Å². The van der Waals surface area contributed by atoms with E-state index >= 15 is 0 Å². The molecule has 0 bridgehead atoms.